The highest BCUT2D eigenvalue weighted by Crippen LogP contribution is 2.26. The van der Waals surface area contributed by atoms with E-state index in [1.54, 1.807) is 30.3 Å². The number of ether oxygens (including phenoxy) is 1. The minimum atomic E-state index is -1.04. The van der Waals surface area contributed by atoms with E-state index in [1.165, 1.54) is 4.90 Å². The van der Waals surface area contributed by atoms with Gasteiger partial charge in [0, 0.05) is 23.9 Å². The number of hydrogen-bond acceptors (Lipinski definition) is 4. The van der Waals surface area contributed by atoms with Gasteiger partial charge in [-0.15, -0.1) is 0 Å². The first kappa shape index (κ1) is 27.0. The minimum Gasteiger partial charge on any atom is -0.489 e. The van der Waals surface area contributed by atoms with Crippen LogP contribution in [0.2, 0.25) is 5.02 Å². The van der Waals surface area contributed by atoms with Crippen molar-refractivity contribution >= 4 is 29.3 Å². The Morgan fingerprint density at radius 1 is 1.00 bits per heavy atom. The Kier molecular flexibility index (Phi) is 9.73. The van der Waals surface area contributed by atoms with Crippen LogP contribution in [0.4, 0.5) is 10.5 Å². The van der Waals surface area contributed by atoms with Gasteiger partial charge < -0.3 is 20.3 Å². The van der Waals surface area contributed by atoms with Crippen LogP contribution in [0.25, 0.3) is 0 Å². The number of hydrogen-bond donors (Lipinski definition) is 3. The molecule has 0 heterocycles. The van der Waals surface area contributed by atoms with Crippen molar-refractivity contribution in [3.63, 3.8) is 0 Å². The summed E-state index contributed by atoms with van der Waals surface area (Å²) in [6, 6.07) is 21.1. The van der Waals surface area contributed by atoms with Gasteiger partial charge in [-0.05, 0) is 68.1 Å². The average molecular weight is 511 g/mol. The Morgan fingerprint density at radius 3 is 2.28 bits per heavy atom. The van der Waals surface area contributed by atoms with Gasteiger partial charge in [-0.1, -0.05) is 54.1 Å². The number of carboxylic acid groups (broad SMARTS) is 1. The molecule has 3 aromatic rings. The summed E-state index contributed by atoms with van der Waals surface area (Å²) in [4.78, 5) is 26.0. The van der Waals surface area contributed by atoms with Gasteiger partial charge in [0.15, 0.2) is 0 Å². The van der Waals surface area contributed by atoms with E-state index in [0.717, 1.165) is 11.1 Å². The molecule has 0 radical (unpaired) electrons. The Balaban J connectivity index is 1.67. The number of nitrogens with zero attached hydrogens (tertiary/aromatic N) is 1. The number of benzene rings is 3. The number of carbonyl (C=O) groups excluding carboxylic acids is 1. The first-order valence-electron chi connectivity index (χ1n) is 11.8. The smallest absolute Gasteiger partial charge is 0.412 e. The Hall–Kier alpha value is -3.55. The highest BCUT2D eigenvalue weighted by atomic mass is 35.5. The van der Waals surface area contributed by atoms with Gasteiger partial charge in [0.05, 0.1) is 17.7 Å². The van der Waals surface area contributed by atoms with Crippen LogP contribution in [0.15, 0.2) is 72.8 Å². The van der Waals surface area contributed by atoms with Crippen molar-refractivity contribution in [3.8, 4) is 5.75 Å². The second kappa shape index (κ2) is 13.0. The van der Waals surface area contributed by atoms with Crippen LogP contribution in [0, 0.1) is 0 Å². The number of nitrogens with one attached hydrogen (secondary N) is 1. The standard InChI is InChI=1S/C28H31ClN2O5/c1-19(2)36-26-13-10-22(17-25(26)29)27(33)30-23(14-15-32)16-20-8-11-24(12-9-20)31(28(34)35)18-21-6-4-3-5-7-21/h3-13,17,19,23,32H,14-16,18H2,1-2H3,(H,30,33)(H,34,35)/t23-/m1/s1. The first-order valence-corrected chi connectivity index (χ1v) is 12.2. The van der Waals surface area contributed by atoms with Crippen molar-refractivity contribution in [2.24, 2.45) is 0 Å². The molecule has 3 rings (SSSR count). The Labute approximate surface area is 216 Å². The van der Waals surface area contributed by atoms with Crippen molar-refractivity contribution < 1.29 is 24.5 Å². The molecule has 2 amide bonds. The fourth-order valence-corrected chi connectivity index (χ4v) is 4.00. The molecule has 36 heavy (non-hydrogen) atoms. The zero-order valence-electron chi connectivity index (χ0n) is 20.4. The summed E-state index contributed by atoms with van der Waals surface area (Å²) in [5.74, 6) is 0.209. The maximum absolute atomic E-state index is 12.8. The normalized spacial score (nSPS) is 11.7. The molecule has 7 nitrogen and oxygen atoms in total. The molecule has 190 valence electrons. The maximum Gasteiger partial charge on any atom is 0.412 e. The molecule has 8 heteroatoms. The second-order valence-corrected chi connectivity index (χ2v) is 9.13. The number of aliphatic hydroxyl groups excluding tert-OH is 1. The number of amides is 2. The van der Waals surface area contributed by atoms with Gasteiger partial charge in [-0.3, -0.25) is 9.69 Å². The van der Waals surface area contributed by atoms with Crippen LogP contribution in [0.1, 0.15) is 41.8 Å². The summed E-state index contributed by atoms with van der Waals surface area (Å²) in [7, 11) is 0. The highest BCUT2D eigenvalue weighted by molar-refractivity contribution is 6.32. The minimum absolute atomic E-state index is 0.0385. The van der Waals surface area contributed by atoms with E-state index in [4.69, 9.17) is 16.3 Å². The molecule has 0 saturated carbocycles. The predicted octanol–water partition coefficient (Wildman–Crippen LogP) is 5.54. The largest absolute Gasteiger partial charge is 0.489 e. The lowest BCUT2D eigenvalue weighted by Crippen LogP contribution is -2.37. The summed E-state index contributed by atoms with van der Waals surface area (Å²) in [5, 5.41) is 22.5. The van der Waals surface area contributed by atoms with Crippen LogP contribution in [0.3, 0.4) is 0 Å². The lowest BCUT2D eigenvalue weighted by atomic mass is 10.0. The van der Waals surface area contributed by atoms with E-state index < -0.39 is 6.09 Å². The van der Waals surface area contributed by atoms with E-state index in [9.17, 15) is 19.8 Å². The molecular formula is C28H31ClN2O5. The molecule has 0 aliphatic heterocycles. The number of anilines is 1. The van der Waals surface area contributed by atoms with E-state index >= 15 is 0 Å². The van der Waals surface area contributed by atoms with Gasteiger partial charge in [-0.2, -0.15) is 0 Å². The molecule has 3 N–H and O–H groups in total. The number of carbonyl (C=O) groups is 2. The van der Waals surface area contributed by atoms with Crippen molar-refractivity contribution in [2.75, 3.05) is 11.5 Å². The fraction of sp³-hybridized carbons (Fsp3) is 0.286. The van der Waals surface area contributed by atoms with E-state index in [2.05, 4.69) is 5.32 Å². The van der Waals surface area contributed by atoms with Gasteiger partial charge in [-0.25, -0.2) is 4.79 Å². The molecule has 3 aromatic carbocycles. The SMILES string of the molecule is CC(C)Oc1ccc(C(=O)N[C@H](CCO)Cc2ccc(N(Cc3ccccc3)C(=O)O)cc2)cc1Cl. The van der Waals surface area contributed by atoms with Crippen molar-refractivity contribution in [1.82, 2.24) is 5.32 Å². The Bertz CT molecular complexity index is 1150. The lowest BCUT2D eigenvalue weighted by molar-refractivity contribution is 0.0930. The number of halogens is 1. The van der Waals surface area contributed by atoms with Crippen LogP contribution >= 0.6 is 11.6 Å². The van der Waals surface area contributed by atoms with E-state index in [1.807, 2.05) is 56.3 Å². The summed E-state index contributed by atoms with van der Waals surface area (Å²) in [5.41, 5.74) is 2.74. The summed E-state index contributed by atoms with van der Waals surface area (Å²) >= 11 is 6.27. The van der Waals surface area contributed by atoms with Crippen LogP contribution in [-0.4, -0.2) is 41.0 Å². The summed E-state index contributed by atoms with van der Waals surface area (Å²) < 4.78 is 5.62. The third-order valence-electron chi connectivity index (χ3n) is 5.51. The molecule has 0 spiro atoms. The third-order valence-corrected chi connectivity index (χ3v) is 5.81. The highest BCUT2D eigenvalue weighted by Gasteiger charge is 2.18. The molecule has 0 aliphatic carbocycles. The molecule has 0 unspecified atom stereocenters. The van der Waals surface area contributed by atoms with Crippen molar-refractivity contribution in [2.45, 2.75) is 45.4 Å². The first-order chi connectivity index (χ1) is 17.3. The zero-order valence-corrected chi connectivity index (χ0v) is 21.1. The number of rotatable bonds is 11. The third kappa shape index (κ3) is 7.73. The molecule has 0 bridgehead atoms. The monoisotopic (exact) mass is 510 g/mol. The van der Waals surface area contributed by atoms with E-state index in [-0.39, 0.29) is 31.2 Å². The fourth-order valence-electron chi connectivity index (χ4n) is 3.77. The zero-order chi connectivity index (χ0) is 26.1. The van der Waals surface area contributed by atoms with Crippen molar-refractivity contribution in [3.05, 3.63) is 94.5 Å². The van der Waals surface area contributed by atoms with Gasteiger partial charge in [0.25, 0.3) is 5.91 Å². The number of aliphatic hydroxyl groups is 1. The summed E-state index contributed by atoms with van der Waals surface area (Å²) in [6.45, 7) is 3.94. The Morgan fingerprint density at radius 2 is 1.69 bits per heavy atom. The van der Waals surface area contributed by atoms with Crippen molar-refractivity contribution in [1.29, 1.82) is 0 Å². The molecule has 0 saturated heterocycles. The molecular weight excluding hydrogens is 480 g/mol. The van der Waals surface area contributed by atoms with Gasteiger partial charge >= 0.3 is 6.09 Å². The molecule has 0 aromatic heterocycles. The van der Waals surface area contributed by atoms with Crippen LogP contribution < -0.4 is 15.0 Å². The summed E-state index contributed by atoms with van der Waals surface area (Å²) in [6.07, 6.45) is -0.241. The maximum atomic E-state index is 12.8. The van der Waals surface area contributed by atoms with Gasteiger partial charge in [0.2, 0.25) is 0 Å². The lowest BCUT2D eigenvalue weighted by Gasteiger charge is -2.21. The van der Waals surface area contributed by atoms with Gasteiger partial charge in [0.1, 0.15) is 5.75 Å². The predicted molar refractivity (Wildman–Crippen MR) is 141 cm³/mol. The van der Waals surface area contributed by atoms with Crippen LogP contribution in [-0.2, 0) is 13.0 Å². The average Bonchev–Trinajstić information content (AvgIpc) is 2.84. The molecule has 0 fully saturated rings. The topological polar surface area (TPSA) is 99.1 Å². The van der Waals surface area contributed by atoms with E-state index in [0.29, 0.717) is 34.9 Å². The molecule has 0 aliphatic rings. The quantitative estimate of drug-likeness (QED) is 0.315. The molecule has 1 atom stereocenters. The van der Waals surface area contributed by atoms with Crippen LogP contribution in [0.5, 0.6) is 5.75 Å². The second-order valence-electron chi connectivity index (χ2n) is 8.72.